The Bertz CT molecular complexity index is 631. The number of nitrogens with one attached hydrogen (secondary N) is 1. The molecule has 1 aliphatic carbocycles. The Morgan fingerprint density at radius 2 is 2.25 bits per heavy atom. The highest BCUT2D eigenvalue weighted by Gasteiger charge is 2.27. The van der Waals surface area contributed by atoms with Crippen molar-refractivity contribution in [3.8, 4) is 0 Å². The maximum atomic E-state index is 12.3. The molecule has 2 N–H and O–H groups in total. The quantitative estimate of drug-likeness (QED) is 0.817. The maximum Gasteiger partial charge on any atom is 0.347 e. The molecule has 0 amide bonds. The van der Waals surface area contributed by atoms with E-state index in [0.29, 0.717) is 12.1 Å². The fourth-order valence-corrected chi connectivity index (χ4v) is 5.00. The molecular formula is C13H17NO4S2. The van der Waals surface area contributed by atoms with Gasteiger partial charge in [-0.25, -0.2) is 17.9 Å². The second-order valence-corrected chi connectivity index (χ2v) is 7.47. The van der Waals surface area contributed by atoms with Gasteiger partial charge in [-0.3, -0.25) is 0 Å². The van der Waals surface area contributed by atoms with Crippen molar-refractivity contribution in [1.29, 1.82) is 0 Å². The Hall–Kier alpha value is -1.18. The highest BCUT2D eigenvalue weighted by molar-refractivity contribution is 7.89. The van der Waals surface area contributed by atoms with E-state index in [4.69, 9.17) is 5.11 Å². The largest absolute Gasteiger partial charge is 0.477 e. The van der Waals surface area contributed by atoms with Crippen LogP contribution in [0.25, 0.3) is 0 Å². The van der Waals surface area contributed by atoms with Crippen molar-refractivity contribution in [3.05, 3.63) is 28.0 Å². The highest BCUT2D eigenvalue weighted by atomic mass is 32.2. The zero-order valence-corrected chi connectivity index (χ0v) is 12.8. The molecule has 1 unspecified atom stereocenters. The van der Waals surface area contributed by atoms with Gasteiger partial charge in [-0.15, -0.1) is 11.3 Å². The van der Waals surface area contributed by atoms with Crippen molar-refractivity contribution in [2.24, 2.45) is 5.92 Å². The van der Waals surface area contributed by atoms with E-state index >= 15 is 0 Å². The van der Waals surface area contributed by atoms with E-state index < -0.39 is 16.0 Å². The molecule has 110 valence electrons. The number of thiophene rings is 1. The fraction of sp³-hybridized carbons (Fsp3) is 0.462. The van der Waals surface area contributed by atoms with Crippen LogP contribution < -0.4 is 4.72 Å². The molecule has 1 heterocycles. The Morgan fingerprint density at radius 3 is 2.85 bits per heavy atom. The number of hydrogen-bond acceptors (Lipinski definition) is 4. The van der Waals surface area contributed by atoms with Crippen molar-refractivity contribution in [3.63, 3.8) is 0 Å². The summed E-state index contributed by atoms with van der Waals surface area (Å²) >= 11 is 0.943. The molecule has 0 saturated heterocycles. The van der Waals surface area contributed by atoms with Crippen molar-refractivity contribution in [2.75, 3.05) is 6.54 Å². The summed E-state index contributed by atoms with van der Waals surface area (Å²) in [5.41, 5.74) is 0.475. The van der Waals surface area contributed by atoms with Crippen molar-refractivity contribution in [2.45, 2.75) is 31.1 Å². The first-order chi connectivity index (χ1) is 9.42. The molecule has 0 spiro atoms. The van der Waals surface area contributed by atoms with Crippen LogP contribution in [0.4, 0.5) is 0 Å². The number of aryl methyl sites for hydroxylation is 1. The zero-order valence-electron chi connectivity index (χ0n) is 11.1. The van der Waals surface area contributed by atoms with Crippen molar-refractivity contribution < 1.29 is 18.3 Å². The number of carboxylic acids is 1. The summed E-state index contributed by atoms with van der Waals surface area (Å²) in [6.07, 6.45) is 6.92. The molecule has 1 atom stereocenters. The summed E-state index contributed by atoms with van der Waals surface area (Å²) in [5.74, 6) is -0.925. The first kappa shape index (κ1) is 15.2. The van der Waals surface area contributed by atoms with Crippen LogP contribution in [0, 0.1) is 12.8 Å². The third-order valence-electron chi connectivity index (χ3n) is 3.32. The van der Waals surface area contributed by atoms with Crippen LogP contribution in [0.3, 0.4) is 0 Å². The number of aromatic carboxylic acids is 1. The summed E-state index contributed by atoms with van der Waals surface area (Å²) in [6.45, 7) is 1.96. The van der Waals surface area contributed by atoms with Crippen LogP contribution in [0.2, 0.25) is 0 Å². The minimum absolute atomic E-state index is 0.0960. The average molecular weight is 315 g/mol. The Labute approximate surface area is 122 Å². The second-order valence-electron chi connectivity index (χ2n) is 4.88. The molecule has 0 bridgehead atoms. The Kier molecular flexibility index (Phi) is 4.62. The van der Waals surface area contributed by atoms with Gasteiger partial charge in [0.05, 0.1) is 0 Å². The average Bonchev–Trinajstić information content (AvgIpc) is 2.81. The lowest BCUT2D eigenvalue weighted by Crippen LogP contribution is -2.30. The predicted octanol–water partition coefficient (Wildman–Crippen LogP) is 2.39. The minimum atomic E-state index is -3.77. The summed E-state index contributed by atoms with van der Waals surface area (Å²) in [4.78, 5) is 10.9. The lowest BCUT2D eigenvalue weighted by molar-refractivity contribution is 0.0698. The minimum Gasteiger partial charge on any atom is -0.477 e. The van der Waals surface area contributed by atoms with E-state index in [1.54, 1.807) is 12.3 Å². The third-order valence-corrected chi connectivity index (χ3v) is 6.15. The van der Waals surface area contributed by atoms with E-state index in [-0.39, 0.29) is 15.7 Å². The van der Waals surface area contributed by atoms with Gasteiger partial charge in [-0.1, -0.05) is 12.2 Å². The molecule has 0 fully saturated rings. The zero-order chi connectivity index (χ0) is 14.8. The second kappa shape index (κ2) is 6.07. The molecule has 20 heavy (non-hydrogen) atoms. The molecule has 0 aliphatic heterocycles. The first-order valence-electron chi connectivity index (χ1n) is 6.38. The molecule has 2 rings (SSSR count). The topological polar surface area (TPSA) is 83.5 Å². The van der Waals surface area contributed by atoms with Crippen molar-refractivity contribution >= 4 is 27.3 Å². The lowest BCUT2D eigenvalue weighted by Gasteiger charge is -2.18. The third kappa shape index (κ3) is 3.28. The van der Waals surface area contributed by atoms with Gasteiger partial charge in [0.25, 0.3) is 0 Å². The fourth-order valence-electron chi connectivity index (χ4n) is 2.26. The van der Waals surface area contributed by atoms with Crippen LogP contribution in [0.1, 0.15) is 34.5 Å². The summed E-state index contributed by atoms with van der Waals surface area (Å²) in [5, 5.41) is 10.6. The monoisotopic (exact) mass is 315 g/mol. The summed E-state index contributed by atoms with van der Waals surface area (Å²) in [6, 6.07) is 0. The molecule has 0 aromatic carbocycles. The van der Waals surface area contributed by atoms with E-state index in [2.05, 4.69) is 16.9 Å². The standard InChI is InChI=1S/C13H17NO4S2/c1-9-8-19-11(13(15)16)12(9)20(17,18)14-7-10-5-3-2-4-6-10/h2-3,8,10,14H,4-7H2,1H3,(H,15,16). The summed E-state index contributed by atoms with van der Waals surface area (Å²) < 4.78 is 27.1. The van der Waals surface area contributed by atoms with Gasteiger partial charge >= 0.3 is 5.97 Å². The van der Waals surface area contributed by atoms with Gasteiger partial charge in [-0.2, -0.15) is 0 Å². The molecule has 5 nitrogen and oxygen atoms in total. The van der Waals surface area contributed by atoms with Gasteiger partial charge in [0.1, 0.15) is 9.77 Å². The first-order valence-corrected chi connectivity index (χ1v) is 8.74. The molecule has 1 aromatic rings. The van der Waals surface area contributed by atoms with Crippen LogP contribution in [-0.2, 0) is 10.0 Å². The van der Waals surface area contributed by atoms with Gasteiger partial charge in [-0.05, 0) is 43.0 Å². The number of carbonyl (C=O) groups is 1. The smallest absolute Gasteiger partial charge is 0.347 e. The van der Waals surface area contributed by atoms with Gasteiger partial charge in [0.2, 0.25) is 10.0 Å². The van der Waals surface area contributed by atoms with E-state index in [9.17, 15) is 13.2 Å². The van der Waals surface area contributed by atoms with Gasteiger partial charge in [0, 0.05) is 6.54 Å². The molecule has 1 aliphatic rings. The highest BCUT2D eigenvalue weighted by Crippen LogP contribution is 2.27. The van der Waals surface area contributed by atoms with Crippen LogP contribution in [0.15, 0.2) is 22.4 Å². The van der Waals surface area contributed by atoms with Crippen LogP contribution >= 0.6 is 11.3 Å². The Morgan fingerprint density at radius 1 is 1.50 bits per heavy atom. The molecule has 1 aromatic heterocycles. The maximum absolute atomic E-state index is 12.3. The summed E-state index contributed by atoms with van der Waals surface area (Å²) in [7, 11) is -3.77. The van der Waals surface area contributed by atoms with Crippen LogP contribution in [0.5, 0.6) is 0 Å². The van der Waals surface area contributed by atoms with E-state index in [1.807, 2.05) is 0 Å². The number of carboxylic acid groups (broad SMARTS) is 1. The predicted molar refractivity (Wildman–Crippen MR) is 77.7 cm³/mol. The van der Waals surface area contributed by atoms with E-state index in [1.165, 1.54) is 0 Å². The molecule has 0 radical (unpaired) electrons. The molecule has 0 saturated carbocycles. The normalized spacial score (nSPS) is 19.1. The lowest BCUT2D eigenvalue weighted by atomic mass is 9.95. The molecule has 7 heteroatoms. The molecular weight excluding hydrogens is 298 g/mol. The number of rotatable bonds is 5. The van der Waals surface area contributed by atoms with E-state index in [0.717, 1.165) is 30.6 Å². The number of sulfonamides is 1. The van der Waals surface area contributed by atoms with Crippen LogP contribution in [-0.4, -0.2) is 26.0 Å². The van der Waals surface area contributed by atoms with Gasteiger partial charge < -0.3 is 5.11 Å². The van der Waals surface area contributed by atoms with Gasteiger partial charge in [0.15, 0.2) is 0 Å². The number of hydrogen-bond donors (Lipinski definition) is 2. The van der Waals surface area contributed by atoms with Crippen molar-refractivity contribution in [1.82, 2.24) is 4.72 Å². The Balaban J connectivity index is 2.16. The number of allylic oxidation sites excluding steroid dienone is 2. The SMILES string of the molecule is Cc1csc(C(=O)O)c1S(=O)(=O)NCC1CC=CCC1.